The number of nitrogens with zero attached hydrogens (tertiary/aromatic N) is 6. The number of amides is 2. The average molecular weight is 363 g/mol. The highest BCUT2D eigenvalue weighted by Gasteiger charge is 2.32. The number of halogens is 1. The maximum atomic E-state index is 14.4. The van der Waals surface area contributed by atoms with E-state index in [2.05, 4.69) is 25.9 Å². The van der Waals surface area contributed by atoms with Crippen LogP contribution in [-0.4, -0.2) is 62.8 Å². The minimum atomic E-state index is -0.689. The summed E-state index contributed by atoms with van der Waals surface area (Å²) in [5.74, 6) is -0.925. The number of oxime groups is 1. The van der Waals surface area contributed by atoms with Gasteiger partial charge in [-0.05, 0) is 17.3 Å². The van der Waals surface area contributed by atoms with Gasteiger partial charge in [0.2, 0.25) is 11.7 Å². The smallest absolute Gasteiger partial charge is 0.414 e. The Balaban J connectivity index is 1.76. The predicted octanol–water partition coefficient (Wildman–Crippen LogP) is 0.0708. The van der Waals surface area contributed by atoms with E-state index in [1.165, 1.54) is 24.0 Å². The molecule has 0 bridgehead atoms. The van der Waals surface area contributed by atoms with E-state index in [9.17, 15) is 14.0 Å². The summed E-state index contributed by atoms with van der Waals surface area (Å²) in [5.41, 5.74) is 0.292. The number of ether oxygens (including phenoxy) is 1. The van der Waals surface area contributed by atoms with Gasteiger partial charge in [-0.25, -0.2) is 9.18 Å². The van der Waals surface area contributed by atoms with Crippen LogP contribution in [0.1, 0.15) is 12.7 Å². The van der Waals surface area contributed by atoms with Gasteiger partial charge in [-0.2, -0.15) is 0 Å². The predicted molar refractivity (Wildman–Crippen MR) is 84.8 cm³/mol. The number of carbonyl (C=O) groups is 2. The summed E-state index contributed by atoms with van der Waals surface area (Å²) in [6, 6.07) is 4.02. The maximum absolute atomic E-state index is 14.4. The molecule has 1 aliphatic heterocycles. The fourth-order valence-electron chi connectivity index (χ4n) is 2.35. The molecule has 136 valence electrons. The van der Waals surface area contributed by atoms with Gasteiger partial charge in [0.25, 0.3) is 0 Å². The van der Waals surface area contributed by atoms with Crippen LogP contribution in [0.5, 0.6) is 0 Å². The Hall–Kier alpha value is -3.57. The maximum Gasteiger partial charge on any atom is 0.414 e. The molecule has 1 aromatic carbocycles. The first-order valence-corrected chi connectivity index (χ1v) is 7.48. The number of aromatic nitrogens is 4. The average Bonchev–Trinajstić information content (AvgIpc) is 3.20. The molecule has 2 aromatic rings. The van der Waals surface area contributed by atoms with E-state index in [-0.39, 0.29) is 30.5 Å². The van der Waals surface area contributed by atoms with Crippen molar-refractivity contribution in [2.45, 2.75) is 13.0 Å². The topological polar surface area (TPSA) is 135 Å². The Bertz CT molecular complexity index is 869. The van der Waals surface area contributed by atoms with Crippen molar-refractivity contribution in [3.63, 3.8) is 0 Å². The van der Waals surface area contributed by atoms with E-state index in [1.54, 1.807) is 0 Å². The molecule has 1 aromatic heterocycles. The molecule has 12 heteroatoms. The van der Waals surface area contributed by atoms with Gasteiger partial charge in [0.05, 0.1) is 18.8 Å². The highest BCUT2D eigenvalue weighted by molar-refractivity contribution is 5.90. The van der Waals surface area contributed by atoms with E-state index >= 15 is 0 Å². The SMILES string of the molecule is CC(=O)NC[C@H]1CN(c2ccc(-n3nnc(/C=N/O)n3)c(F)c2)C(=O)O1. The quantitative estimate of drug-likeness (QED) is 0.436. The van der Waals surface area contributed by atoms with Crippen molar-refractivity contribution in [1.29, 1.82) is 0 Å². The highest BCUT2D eigenvalue weighted by atomic mass is 19.1. The molecule has 0 saturated carbocycles. The lowest BCUT2D eigenvalue weighted by atomic mass is 10.2. The number of rotatable bonds is 5. The van der Waals surface area contributed by atoms with Crippen LogP contribution in [0.2, 0.25) is 0 Å². The monoisotopic (exact) mass is 363 g/mol. The van der Waals surface area contributed by atoms with Gasteiger partial charge in [0.1, 0.15) is 18.0 Å². The lowest BCUT2D eigenvalue weighted by molar-refractivity contribution is -0.119. The van der Waals surface area contributed by atoms with Crippen LogP contribution in [0.4, 0.5) is 14.9 Å². The van der Waals surface area contributed by atoms with Crippen LogP contribution in [0.3, 0.4) is 0 Å². The van der Waals surface area contributed by atoms with Gasteiger partial charge in [0, 0.05) is 13.0 Å². The third-order valence-electron chi connectivity index (χ3n) is 3.51. The molecule has 1 saturated heterocycles. The van der Waals surface area contributed by atoms with Crippen LogP contribution in [0.25, 0.3) is 5.69 Å². The van der Waals surface area contributed by atoms with Crippen LogP contribution >= 0.6 is 0 Å². The number of hydrogen-bond acceptors (Lipinski definition) is 8. The van der Waals surface area contributed by atoms with Crippen LogP contribution in [-0.2, 0) is 9.53 Å². The minimum absolute atomic E-state index is 0.0000830. The van der Waals surface area contributed by atoms with Gasteiger partial charge < -0.3 is 15.3 Å². The number of nitrogens with one attached hydrogen (secondary N) is 1. The summed E-state index contributed by atoms with van der Waals surface area (Å²) in [4.78, 5) is 25.1. The molecule has 3 rings (SSSR count). The Morgan fingerprint density at radius 2 is 2.38 bits per heavy atom. The lowest BCUT2D eigenvalue weighted by Gasteiger charge is -2.14. The largest absolute Gasteiger partial charge is 0.442 e. The van der Waals surface area contributed by atoms with Crippen molar-refractivity contribution in [1.82, 2.24) is 25.5 Å². The van der Waals surface area contributed by atoms with Crippen molar-refractivity contribution >= 4 is 23.9 Å². The summed E-state index contributed by atoms with van der Waals surface area (Å²) in [5, 5.41) is 24.8. The van der Waals surface area contributed by atoms with Crippen molar-refractivity contribution < 1.29 is 23.9 Å². The summed E-state index contributed by atoms with van der Waals surface area (Å²) in [6.07, 6.45) is -0.204. The van der Waals surface area contributed by atoms with E-state index in [0.717, 1.165) is 17.1 Å². The summed E-state index contributed by atoms with van der Waals surface area (Å²) >= 11 is 0. The second-order valence-electron chi connectivity index (χ2n) is 5.37. The molecule has 2 heterocycles. The second-order valence-corrected chi connectivity index (χ2v) is 5.37. The van der Waals surface area contributed by atoms with Gasteiger partial charge in [-0.1, -0.05) is 5.16 Å². The Morgan fingerprint density at radius 1 is 1.58 bits per heavy atom. The number of hydrogen-bond donors (Lipinski definition) is 2. The van der Waals surface area contributed by atoms with Crippen molar-refractivity contribution in [2.75, 3.05) is 18.0 Å². The minimum Gasteiger partial charge on any atom is -0.442 e. The number of carbonyl (C=O) groups excluding carboxylic acids is 2. The summed E-state index contributed by atoms with van der Waals surface area (Å²) < 4.78 is 19.6. The number of tetrazole rings is 1. The van der Waals surface area contributed by atoms with Crippen LogP contribution < -0.4 is 10.2 Å². The molecule has 2 N–H and O–H groups in total. The number of cyclic esters (lactones) is 1. The molecule has 1 aliphatic rings. The van der Waals surface area contributed by atoms with E-state index in [4.69, 9.17) is 9.94 Å². The molecule has 2 amide bonds. The zero-order valence-corrected chi connectivity index (χ0v) is 13.5. The molecule has 0 unspecified atom stereocenters. The first kappa shape index (κ1) is 17.3. The fraction of sp³-hybridized carbons (Fsp3) is 0.286. The normalized spacial score (nSPS) is 16.9. The zero-order chi connectivity index (χ0) is 18.7. The molecule has 26 heavy (non-hydrogen) atoms. The Morgan fingerprint density at radius 3 is 3.08 bits per heavy atom. The van der Waals surface area contributed by atoms with Crippen molar-refractivity contribution in [3.05, 3.63) is 29.8 Å². The highest BCUT2D eigenvalue weighted by Crippen LogP contribution is 2.24. The number of benzene rings is 1. The molecule has 0 aliphatic carbocycles. The third-order valence-corrected chi connectivity index (χ3v) is 3.51. The first-order valence-electron chi connectivity index (χ1n) is 7.48. The fourth-order valence-corrected chi connectivity index (χ4v) is 2.35. The lowest BCUT2D eigenvalue weighted by Crippen LogP contribution is -2.33. The van der Waals surface area contributed by atoms with Gasteiger partial charge in [-0.3, -0.25) is 9.69 Å². The van der Waals surface area contributed by atoms with Gasteiger partial charge in [-0.15, -0.1) is 15.0 Å². The Labute approximate surface area is 146 Å². The standard InChI is InChI=1S/C14H14FN7O4/c1-8(23)16-5-10-7-21(14(24)26-10)9-2-3-12(11(15)4-9)22-19-13(6-17-25)18-20-22/h2-4,6,10,25H,5,7H2,1H3,(H,16,23)/b17-6+/t10-/m0/s1. The second kappa shape index (κ2) is 7.13. The van der Waals surface area contributed by atoms with Crippen molar-refractivity contribution in [3.8, 4) is 5.69 Å². The molecule has 11 nitrogen and oxygen atoms in total. The van der Waals surface area contributed by atoms with Gasteiger partial charge in [0.15, 0.2) is 5.82 Å². The third kappa shape index (κ3) is 3.58. The summed E-state index contributed by atoms with van der Waals surface area (Å²) in [6.45, 7) is 1.71. The van der Waals surface area contributed by atoms with Crippen LogP contribution in [0, 0.1) is 5.82 Å². The van der Waals surface area contributed by atoms with E-state index < -0.39 is 18.0 Å². The zero-order valence-electron chi connectivity index (χ0n) is 13.5. The number of anilines is 1. The Kier molecular flexibility index (Phi) is 4.73. The van der Waals surface area contributed by atoms with Crippen LogP contribution in [0.15, 0.2) is 23.4 Å². The van der Waals surface area contributed by atoms with Crippen molar-refractivity contribution in [2.24, 2.45) is 5.16 Å². The molecular formula is C14H14FN7O4. The van der Waals surface area contributed by atoms with E-state index in [0.29, 0.717) is 5.69 Å². The van der Waals surface area contributed by atoms with Gasteiger partial charge >= 0.3 is 6.09 Å². The summed E-state index contributed by atoms with van der Waals surface area (Å²) in [7, 11) is 0. The first-order chi connectivity index (χ1) is 12.5. The molecule has 0 radical (unpaired) electrons. The van der Waals surface area contributed by atoms with E-state index in [1.807, 2.05) is 0 Å². The molecule has 1 atom stereocenters. The molecular weight excluding hydrogens is 349 g/mol. The molecule has 0 spiro atoms. The molecule has 1 fully saturated rings.